The molecule has 0 spiro atoms. The summed E-state index contributed by atoms with van der Waals surface area (Å²) >= 11 is 0. The molecule has 13 heavy (non-hydrogen) atoms. The van der Waals surface area contributed by atoms with Crippen LogP contribution in [0.3, 0.4) is 0 Å². The van der Waals surface area contributed by atoms with Crippen LogP contribution in [0.2, 0.25) is 0 Å². The van der Waals surface area contributed by atoms with Gasteiger partial charge in [0, 0.05) is 13.7 Å². The second-order valence-electron chi connectivity index (χ2n) is 2.17. The first-order valence-corrected chi connectivity index (χ1v) is 3.45. The summed E-state index contributed by atoms with van der Waals surface area (Å²) in [6.07, 6.45) is 0. The summed E-state index contributed by atoms with van der Waals surface area (Å²) in [7, 11) is 1.61. The molecule has 0 aliphatic rings. The van der Waals surface area contributed by atoms with Gasteiger partial charge >= 0.3 is 23.1 Å². The monoisotopic (exact) mass is 254 g/mol. The van der Waals surface area contributed by atoms with E-state index in [1.807, 2.05) is 24.3 Å². The Hall–Kier alpha value is 0.386. The second kappa shape index (κ2) is 10.5. The zero-order valence-corrected chi connectivity index (χ0v) is 10.6. The van der Waals surface area contributed by atoms with E-state index in [-0.39, 0.29) is 40.0 Å². The molecule has 0 saturated heterocycles. The molecule has 1 aromatic carbocycles. The second-order valence-corrected chi connectivity index (χ2v) is 2.17. The van der Waals surface area contributed by atoms with Crippen LogP contribution in [0.5, 0.6) is 0 Å². The van der Waals surface area contributed by atoms with Gasteiger partial charge in [-0.2, -0.15) is 30.3 Å². The summed E-state index contributed by atoms with van der Waals surface area (Å²) in [6.45, 7) is 0.931. The maximum absolute atomic E-state index is 5.13. The summed E-state index contributed by atoms with van der Waals surface area (Å²) in [5.41, 5.74) is 1.12. The fraction of sp³-hybridized carbons (Fsp3) is 0.333. The van der Waals surface area contributed by atoms with E-state index in [2.05, 4.69) is 6.07 Å². The van der Waals surface area contributed by atoms with Gasteiger partial charge in [-0.1, -0.05) is 0 Å². The SMILES string of the molecule is COCOCc1c[c-]ccc1.[Br-].[Mg+2]. The van der Waals surface area contributed by atoms with Crippen LogP contribution in [0.15, 0.2) is 24.3 Å². The third-order valence-corrected chi connectivity index (χ3v) is 1.24. The third kappa shape index (κ3) is 7.46. The molecule has 0 heterocycles. The Morgan fingerprint density at radius 2 is 2.23 bits per heavy atom. The van der Waals surface area contributed by atoms with Gasteiger partial charge in [0.05, 0.1) is 0 Å². The maximum atomic E-state index is 5.13. The van der Waals surface area contributed by atoms with Crippen LogP contribution in [0.4, 0.5) is 0 Å². The van der Waals surface area contributed by atoms with Crippen molar-refractivity contribution in [3.05, 3.63) is 35.9 Å². The first kappa shape index (κ1) is 15.8. The minimum atomic E-state index is 0. The van der Waals surface area contributed by atoms with Gasteiger partial charge in [-0.05, 0) is 0 Å². The van der Waals surface area contributed by atoms with Gasteiger partial charge in [0.2, 0.25) is 0 Å². The zero-order valence-electron chi connectivity index (χ0n) is 7.63. The van der Waals surface area contributed by atoms with Crippen LogP contribution in [0.1, 0.15) is 5.56 Å². The molecule has 0 saturated carbocycles. The van der Waals surface area contributed by atoms with Crippen molar-refractivity contribution in [2.75, 3.05) is 13.9 Å². The van der Waals surface area contributed by atoms with Crippen molar-refractivity contribution in [2.45, 2.75) is 6.61 Å². The number of methoxy groups -OCH3 is 1. The van der Waals surface area contributed by atoms with E-state index in [0.717, 1.165) is 5.56 Å². The number of ether oxygens (including phenoxy) is 2. The number of rotatable bonds is 4. The molecule has 0 aliphatic carbocycles. The molecular weight excluding hydrogens is 244 g/mol. The molecule has 1 aromatic rings. The Bertz CT molecular complexity index is 194. The van der Waals surface area contributed by atoms with Crippen molar-refractivity contribution in [1.29, 1.82) is 0 Å². The number of halogens is 1. The van der Waals surface area contributed by atoms with Crippen molar-refractivity contribution >= 4 is 23.1 Å². The van der Waals surface area contributed by atoms with Crippen molar-refractivity contribution < 1.29 is 26.5 Å². The molecule has 0 aromatic heterocycles. The van der Waals surface area contributed by atoms with E-state index in [0.29, 0.717) is 13.4 Å². The maximum Gasteiger partial charge on any atom is 2.00 e. The van der Waals surface area contributed by atoms with E-state index in [4.69, 9.17) is 9.47 Å². The topological polar surface area (TPSA) is 18.5 Å². The van der Waals surface area contributed by atoms with Gasteiger partial charge in [0.1, 0.15) is 6.79 Å². The molecule has 0 aliphatic heterocycles. The zero-order chi connectivity index (χ0) is 7.94. The average molecular weight is 255 g/mol. The van der Waals surface area contributed by atoms with Crippen LogP contribution in [-0.4, -0.2) is 37.0 Å². The molecule has 0 amide bonds. The number of hydrogen-bond acceptors (Lipinski definition) is 2. The molecule has 0 unspecified atom stereocenters. The fourth-order valence-corrected chi connectivity index (χ4v) is 0.763. The van der Waals surface area contributed by atoms with Crippen molar-refractivity contribution in [1.82, 2.24) is 0 Å². The van der Waals surface area contributed by atoms with Crippen molar-refractivity contribution in [3.63, 3.8) is 0 Å². The van der Waals surface area contributed by atoms with Crippen LogP contribution in [0.25, 0.3) is 0 Å². The minimum absolute atomic E-state index is 0. The van der Waals surface area contributed by atoms with E-state index in [1.165, 1.54) is 0 Å². The molecule has 0 bridgehead atoms. The van der Waals surface area contributed by atoms with Gasteiger partial charge in [-0.3, -0.25) is 0 Å². The first-order valence-electron chi connectivity index (χ1n) is 3.45. The van der Waals surface area contributed by atoms with Crippen LogP contribution in [0, 0.1) is 6.07 Å². The van der Waals surface area contributed by atoms with E-state index in [1.54, 1.807) is 7.11 Å². The molecule has 1 rings (SSSR count). The van der Waals surface area contributed by atoms with Gasteiger partial charge in [-0.25, -0.2) is 0 Å². The summed E-state index contributed by atoms with van der Waals surface area (Å²) in [5, 5.41) is 0. The predicted octanol–water partition coefficient (Wildman–Crippen LogP) is -1.77. The largest absolute Gasteiger partial charge is 2.00 e. The normalized spacial score (nSPS) is 8.38. The number of hydrogen-bond donors (Lipinski definition) is 0. The molecule has 68 valence electrons. The molecule has 0 fully saturated rings. The van der Waals surface area contributed by atoms with Crippen LogP contribution in [-0.2, 0) is 16.1 Å². The van der Waals surface area contributed by atoms with Crippen molar-refractivity contribution in [3.8, 4) is 0 Å². The Balaban J connectivity index is 0. The average Bonchev–Trinajstić information content (AvgIpc) is 2.07. The predicted molar refractivity (Wildman–Crippen MR) is 47.7 cm³/mol. The fourth-order valence-electron chi connectivity index (χ4n) is 0.763. The smallest absolute Gasteiger partial charge is 1.00 e. The molecular formula is C9H11BrMgO2. The van der Waals surface area contributed by atoms with Gasteiger partial charge in [0.25, 0.3) is 0 Å². The summed E-state index contributed by atoms with van der Waals surface area (Å²) in [6, 6.07) is 10.7. The first-order chi connectivity index (χ1) is 5.43. The molecule has 4 heteroatoms. The Kier molecular flexibility index (Phi) is 12.8. The summed E-state index contributed by atoms with van der Waals surface area (Å²) in [5.74, 6) is 0. The van der Waals surface area contributed by atoms with Crippen LogP contribution < -0.4 is 17.0 Å². The Morgan fingerprint density at radius 3 is 2.77 bits per heavy atom. The molecule has 0 radical (unpaired) electrons. The Morgan fingerprint density at radius 1 is 1.46 bits per heavy atom. The molecule has 2 nitrogen and oxygen atoms in total. The molecule has 0 atom stereocenters. The number of benzene rings is 1. The minimum Gasteiger partial charge on any atom is -1.00 e. The molecule has 0 N–H and O–H groups in total. The third-order valence-electron chi connectivity index (χ3n) is 1.24. The van der Waals surface area contributed by atoms with Crippen molar-refractivity contribution in [2.24, 2.45) is 0 Å². The standard InChI is InChI=1S/C9H11O2.BrH.Mg/c1-10-8-11-7-9-5-3-2-4-6-9;;/h2-3,5-6H,7-8H2,1H3;1H;/q-1;;+2/p-1. The Labute approximate surface area is 106 Å². The van der Waals surface area contributed by atoms with E-state index in [9.17, 15) is 0 Å². The van der Waals surface area contributed by atoms with E-state index >= 15 is 0 Å². The van der Waals surface area contributed by atoms with Gasteiger partial charge < -0.3 is 26.5 Å². The quantitative estimate of drug-likeness (QED) is 0.274. The van der Waals surface area contributed by atoms with Gasteiger partial charge in [0.15, 0.2) is 0 Å². The van der Waals surface area contributed by atoms with Crippen LogP contribution >= 0.6 is 0 Å². The summed E-state index contributed by atoms with van der Waals surface area (Å²) < 4.78 is 9.86. The van der Waals surface area contributed by atoms with E-state index < -0.39 is 0 Å². The van der Waals surface area contributed by atoms with Gasteiger partial charge in [-0.15, -0.1) is 5.56 Å². The summed E-state index contributed by atoms with van der Waals surface area (Å²) in [4.78, 5) is 0.